The minimum Gasteiger partial charge on any atom is -0.340 e. The standard InChI is InChI=1S/C22H32N4/c1-7-10-26(14-19-8-9-19)22-23-18(5)13-20(24-22)25(6)21-16(3)11-15(2)12-17(21)4/h11-13,19H,7-10,14H2,1-6H3. The van der Waals surface area contributed by atoms with Crippen molar-refractivity contribution in [2.45, 2.75) is 53.9 Å². The third-order valence-corrected chi connectivity index (χ3v) is 5.10. The molecule has 0 amide bonds. The van der Waals surface area contributed by atoms with Crippen molar-refractivity contribution in [2.24, 2.45) is 5.92 Å². The van der Waals surface area contributed by atoms with Crippen molar-refractivity contribution in [3.63, 3.8) is 0 Å². The summed E-state index contributed by atoms with van der Waals surface area (Å²) in [4.78, 5) is 14.3. The van der Waals surface area contributed by atoms with Crippen LogP contribution in [0.1, 0.15) is 48.6 Å². The first-order valence-electron chi connectivity index (χ1n) is 9.81. The third kappa shape index (κ3) is 4.17. The molecule has 0 spiro atoms. The fourth-order valence-electron chi connectivity index (χ4n) is 3.82. The van der Waals surface area contributed by atoms with Crippen molar-refractivity contribution in [3.8, 4) is 0 Å². The van der Waals surface area contributed by atoms with Crippen molar-refractivity contribution in [1.29, 1.82) is 0 Å². The van der Waals surface area contributed by atoms with Crippen molar-refractivity contribution in [1.82, 2.24) is 9.97 Å². The summed E-state index contributed by atoms with van der Waals surface area (Å²) >= 11 is 0. The van der Waals surface area contributed by atoms with Gasteiger partial charge < -0.3 is 9.80 Å². The lowest BCUT2D eigenvalue weighted by Crippen LogP contribution is -2.29. The summed E-state index contributed by atoms with van der Waals surface area (Å²) in [7, 11) is 2.11. The molecule has 0 saturated heterocycles. The molecule has 1 aliphatic carbocycles. The maximum Gasteiger partial charge on any atom is 0.227 e. The summed E-state index contributed by atoms with van der Waals surface area (Å²) in [6, 6.07) is 6.57. The van der Waals surface area contributed by atoms with E-state index in [1.807, 2.05) is 0 Å². The maximum absolute atomic E-state index is 4.96. The van der Waals surface area contributed by atoms with Gasteiger partial charge in [-0.2, -0.15) is 4.98 Å². The van der Waals surface area contributed by atoms with Crippen LogP contribution in [0.2, 0.25) is 0 Å². The molecule has 1 heterocycles. The van der Waals surface area contributed by atoms with E-state index in [0.29, 0.717) is 0 Å². The molecule has 26 heavy (non-hydrogen) atoms. The van der Waals surface area contributed by atoms with E-state index in [9.17, 15) is 0 Å². The lowest BCUT2D eigenvalue weighted by atomic mass is 10.0. The lowest BCUT2D eigenvalue weighted by molar-refractivity contribution is 0.686. The number of nitrogens with zero attached hydrogens (tertiary/aromatic N) is 4. The SMILES string of the molecule is CCCN(CC1CC1)c1nc(C)cc(N(C)c2c(C)cc(C)cc2C)n1. The Bertz CT molecular complexity index is 757. The van der Waals surface area contributed by atoms with E-state index in [0.717, 1.165) is 42.9 Å². The third-order valence-electron chi connectivity index (χ3n) is 5.10. The van der Waals surface area contributed by atoms with E-state index in [-0.39, 0.29) is 0 Å². The maximum atomic E-state index is 4.96. The van der Waals surface area contributed by atoms with Gasteiger partial charge in [-0.1, -0.05) is 24.6 Å². The summed E-state index contributed by atoms with van der Waals surface area (Å²) in [5, 5.41) is 0. The van der Waals surface area contributed by atoms with Gasteiger partial charge in [-0.15, -0.1) is 0 Å². The van der Waals surface area contributed by atoms with Crippen LogP contribution in [0.3, 0.4) is 0 Å². The van der Waals surface area contributed by atoms with Crippen LogP contribution >= 0.6 is 0 Å². The van der Waals surface area contributed by atoms with Crippen molar-refractivity contribution in [3.05, 3.63) is 40.6 Å². The largest absolute Gasteiger partial charge is 0.340 e. The topological polar surface area (TPSA) is 32.3 Å². The molecule has 0 bridgehead atoms. The molecular weight excluding hydrogens is 320 g/mol. The molecule has 1 aliphatic rings. The Morgan fingerprint density at radius 1 is 1.00 bits per heavy atom. The summed E-state index contributed by atoms with van der Waals surface area (Å²) in [6.45, 7) is 12.9. The lowest BCUT2D eigenvalue weighted by Gasteiger charge is -2.27. The highest BCUT2D eigenvalue weighted by molar-refractivity contribution is 5.68. The fraction of sp³-hybridized carbons (Fsp3) is 0.545. The highest BCUT2D eigenvalue weighted by Crippen LogP contribution is 2.33. The molecule has 3 rings (SSSR count). The van der Waals surface area contributed by atoms with Crippen molar-refractivity contribution < 1.29 is 0 Å². The Balaban J connectivity index is 1.96. The van der Waals surface area contributed by atoms with Crippen LogP contribution < -0.4 is 9.80 Å². The minimum absolute atomic E-state index is 0.827. The van der Waals surface area contributed by atoms with Crippen LogP contribution in [0.25, 0.3) is 0 Å². The Hall–Kier alpha value is -2.10. The zero-order valence-electron chi connectivity index (χ0n) is 17.1. The van der Waals surface area contributed by atoms with Crippen LogP contribution in [0.5, 0.6) is 0 Å². The van der Waals surface area contributed by atoms with Crippen LogP contribution in [-0.2, 0) is 0 Å². The Kier molecular flexibility index (Phi) is 5.49. The molecule has 0 aliphatic heterocycles. The van der Waals surface area contributed by atoms with E-state index in [2.05, 4.69) is 69.7 Å². The van der Waals surface area contributed by atoms with Crippen LogP contribution in [-0.4, -0.2) is 30.1 Å². The van der Waals surface area contributed by atoms with Gasteiger partial charge in [0.15, 0.2) is 0 Å². The van der Waals surface area contributed by atoms with E-state index >= 15 is 0 Å². The monoisotopic (exact) mass is 352 g/mol. The number of hydrogen-bond donors (Lipinski definition) is 0. The number of aryl methyl sites for hydroxylation is 4. The first-order chi connectivity index (χ1) is 12.4. The molecule has 1 fully saturated rings. The van der Waals surface area contributed by atoms with Gasteiger partial charge in [-0.25, -0.2) is 4.98 Å². The number of anilines is 3. The number of benzene rings is 1. The molecule has 1 saturated carbocycles. The fourth-order valence-corrected chi connectivity index (χ4v) is 3.82. The van der Waals surface area contributed by atoms with Gasteiger partial charge in [-0.3, -0.25) is 0 Å². The second-order valence-electron chi connectivity index (χ2n) is 7.86. The van der Waals surface area contributed by atoms with E-state index in [1.165, 1.54) is 35.2 Å². The Labute approximate surface area is 158 Å². The molecule has 0 N–H and O–H groups in total. The molecule has 2 aromatic rings. The van der Waals surface area contributed by atoms with Crippen LogP contribution in [0, 0.1) is 33.6 Å². The summed E-state index contributed by atoms with van der Waals surface area (Å²) < 4.78 is 0. The average Bonchev–Trinajstić information content (AvgIpc) is 3.37. The van der Waals surface area contributed by atoms with Crippen LogP contribution in [0.4, 0.5) is 17.5 Å². The number of aromatic nitrogens is 2. The van der Waals surface area contributed by atoms with Gasteiger partial charge in [0.1, 0.15) is 5.82 Å². The predicted octanol–water partition coefficient (Wildman–Crippen LogP) is 5.10. The molecule has 1 aromatic heterocycles. The van der Waals surface area contributed by atoms with Gasteiger partial charge in [0.25, 0.3) is 0 Å². The van der Waals surface area contributed by atoms with E-state index in [4.69, 9.17) is 9.97 Å². The average molecular weight is 353 g/mol. The Morgan fingerprint density at radius 2 is 1.65 bits per heavy atom. The Morgan fingerprint density at radius 3 is 2.23 bits per heavy atom. The molecule has 0 radical (unpaired) electrons. The van der Waals surface area contributed by atoms with E-state index < -0.39 is 0 Å². The zero-order chi connectivity index (χ0) is 18.8. The summed E-state index contributed by atoms with van der Waals surface area (Å²) in [5.74, 6) is 2.68. The van der Waals surface area contributed by atoms with Gasteiger partial charge in [0, 0.05) is 37.6 Å². The van der Waals surface area contributed by atoms with Crippen LogP contribution in [0.15, 0.2) is 18.2 Å². The molecule has 0 unspecified atom stereocenters. The van der Waals surface area contributed by atoms with Gasteiger partial charge in [-0.05, 0) is 64.0 Å². The summed E-state index contributed by atoms with van der Waals surface area (Å²) in [5.41, 5.74) is 6.13. The molecule has 140 valence electrons. The minimum atomic E-state index is 0.827. The molecule has 1 aromatic carbocycles. The zero-order valence-corrected chi connectivity index (χ0v) is 17.1. The van der Waals surface area contributed by atoms with Crippen molar-refractivity contribution in [2.75, 3.05) is 29.9 Å². The van der Waals surface area contributed by atoms with Crippen molar-refractivity contribution >= 4 is 17.5 Å². The first-order valence-corrected chi connectivity index (χ1v) is 9.81. The molecular formula is C22H32N4. The highest BCUT2D eigenvalue weighted by Gasteiger charge is 2.26. The molecule has 0 atom stereocenters. The van der Waals surface area contributed by atoms with Gasteiger partial charge >= 0.3 is 0 Å². The molecule has 4 heteroatoms. The first kappa shape index (κ1) is 18.7. The van der Waals surface area contributed by atoms with E-state index in [1.54, 1.807) is 0 Å². The highest BCUT2D eigenvalue weighted by atomic mass is 15.3. The molecule has 4 nitrogen and oxygen atoms in total. The predicted molar refractivity (Wildman–Crippen MR) is 111 cm³/mol. The second-order valence-corrected chi connectivity index (χ2v) is 7.86. The number of hydrogen-bond acceptors (Lipinski definition) is 4. The van der Waals surface area contributed by atoms with Gasteiger partial charge in [0.05, 0.1) is 0 Å². The smallest absolute Gasteiger partial charge is 0.227 e. The normalized spacial score (nSPS) is 13.8. The quantitative estimate of drug-likeness (QED) is 0.693. The number of rotatable bonds is 7. The summed E-state index contributed by atoms with van der Waals surface area (Å²) in [6.07, 6.45) is 3.81. The van der Waals surface area contributed by atoms with Gasteiger partial charge in [0.2, 0.25) is 5.95 Å². The second kappa shape index (κ2) is 7.65.